The van der Waals surface area contributed by atoms with E-state index in [9.17, 15) is 14.9 Å². The lowest BCUT2D eigenvalue weighted by Gasteiger charge is -2.34. The summed E-state index contributed by atoms with van der Waals surface area (Å²) in [4.78, 5) is 34.6. The van der Waals surface area contributed by atoms with E-state index < -0.39 is 4.92 Å². The number of piperidine rings is 1. The van der Waals surface area contributed by atoms with Crippen LogP contribution in [0, 0.1) is 17.0 Å². The number of aromatic nitrogens is 3. The molecule has 4 rings (SSSR count). The SMILES string of the molecule is Cc1cccc(NC2CCN(c3ccc(C(=O)c4nccn4C)cc3[N+](=O)[O-])CC2)n1. The van der Waals surface area contributed by atoms with Crippen LogP contribution in [-0.2, 0) is 7.05 Å². The number of imidazole rings is 1. The van der Waals surface area contributed by atoms with Gasteiger partial charge in [0.05, 0.1) is 4.92 Å². The van der Waals surface area contributed by atoms with Crippen LogP contribution in [0.1, 0.15) is 34.7 Å². The Kier molecular flexibility index (Phi) is 5.66. The topological polar surface area (TPSA) is 106 Å². The summed E-state index contributed by atoms with van der Waals surface area (Å²) < 4.78 is 1.60. The van der Waals surface area contributed by atoms with E-state index in [1.807, 2.05) is 30.0 Å². The summed E-state index contributed by atoms with van der Waals surface area (Å²) >= 11 is 0. The highest BCUT2D eigenvalue weighted by molar-refractivity contribution is 6.07. The first-order valence-corrected chi connectivity index (χ1v) is 10.2. The molecule has 9 nitrogen and oxygen atoms in total. The molecule has 2 aromatic heterocycles. The van der Waals surface area contributed by atoms with Gasteiger partial charge in [-0.3, -0.25) is 14.9 Å². The number of anilines is 2. The summed E-state index contributed by atoms with van der Waals surface area (Å²) in [5.41, 5.74) is 1.69. The lowest BCUT2D eigenvalue weighted by Crippen LogP contribution is -2.39. The van der Waals surface area contributed by atoms with Gasteiger partial charge >= 0.3 is 0 Å². The van der Waals surface area contributed by atoms with Gasteiger partial charge in [-0.1, -0.05) is 6.07 Å². The van der Waals surface area contributed by atoms with Gasteiger partial charge in [0.25, 0.3) is 5.69 Å². The molecule has 3 aromatic rings. The van der Waals surface area contributed by atoms with E-state index in [-0.39, 0.29) is 28.9 Å². The van der Waals surface area contributed by atoms with Crippen molar-refractivity contribution in [2.75, 3.05) is 23.3 Å². The number of carbonyl (C=O) groups excluding carboxylic acids is 1. The summed E-state index contributed by atoms with van der Waals surface area (Å²) in [7, 11) is 1.72. The number of nitro groups is 1. The standard InChI is InChI=1S/C22H24N6O3/c1-15-4-3-5-20(24-15)25-17-8-11-27(12-9-17)18-7-6-16(14-19(18)28(30)31)21(29)22-23-10-13-26(22)2/h3-7,10,13-14,17H,8-9,11-12H2,1-2H3,(H,24,25). The number of pyridine rings is 1. The Morgan fingerprint density at radius 2 is 2.00 bits per heavy atom. The monoisotopic (exact) mass is 420 g/mol. The summed E-state index contributed by atoms with van der Waals surface area (Å²) in [6.45, 7) is 3.31. The predicted molar refractivity (Wildman–Crippen MR) is 118 cm³/mol. The van der Waals surface area contributed by atoms with Crippen LogP contribution in [0.3, 0.4) is 0 Å². The lowest BCUT2D eigenvalue weighted by molar-refractivity contribution is -0.384. The van der Waals surface area contributed by atoms with Crippen molar-refractivity contribution in [2.24, 2.45) is 7.05 Å². The molecule has 0 saturated carbocycles. The van der Waals surface area contributed by atoms with Crippen molar-refractivity contribution in [3.8, 4) is 0 Å². The third-order valence-electron chi connectivity index (χ3n) is 5.53. The van der Waals surface area contributed by atoms with E-state index in [0.29, 0.717) is 18.8 Å². The Labute approximate surface area is 179 Å². The van der Waals surface area contributed by atoms with Crippen molar-refractivity contribution < 1.29 is 9.72 Å². The minimum atomic E-state index is -0.425. The normalized spacial score (nSPS) is 14.5. The summed E-state index contributed by atoms with van der Waals surface area (Å²) in [6.07, 6.45) is 4.86. The molecular weight excluding hydrogens is 396 g/mol. The molecule has 160 valence electrons. The number of ketones is 1. The number of hydrogen-bond acceptors (Lipinski definition) is 7. The second-order valence-electron chi connectivity index (χ2n) is 7.72. The molecule has 1 aliphatic heterocycles. The Morgan fingerprint density at radius 3 is 2.65 bits per heavy atom. The number of nitro benzene ring substituents is 1. The summed E-state index contributed by atoms with van der Waals surface area (Å²) in [5, 5.41) is 15.2. The molecule has 1 saturated heterocycles. The van der Waals surface area contributed by atoms with Crippen LogP contribution in [0.2, 0.25) is 0 Å². The summed E-state index contributed by atoms with van der Waals surface area (Å²) in [6, 6.07) is 10.8. The Morgan fingerprint density at radius 1 is 1.23 bits per heavy atom. The fourth-order valence-electron chi connectivity index (χ4n) is 3.89. The molecule has 0 bridgehead atoms. The zero-order valence-electron chi connectivity index (χ0n) is 17.5. The highest BCUT2D eigenvalue weighted by atomic mass is 16.6. The first-order chi connectivity index (χ1) is 14.9. The van der Waals surface area contributed by atoms with Crippen LogP contribution in [0.15, 0.2) is 48.8 Å². The largest absolute Gasteiger partial charge is 0.367 e. The maximum Gasteiger partial charge on any atom is 0.293 e. The minimum Gasteiger partial charge on any atom is -0.367 e. The van der Waals surface area contributed by atoms with Gasteiger partial charge in [0.15, 0.2) is 5.82 Å². The molecule has 1 aliphatic rings. The maximum absolute atomic E-state index is 12.7. The van der Waals surface area contributed by atoms with E-state index in [4.69, 9.17) is 0 Å². The van der Waals surface area contributed by atoms with Crippen LogP contribution in [0.25, 0.3) is 0 Å². The fourth-order valence-corrected chi connectivity index (χ4v) is 3.89. The zero-order chi connectivity index (χ0) is 22.0. The molecule has 9 heteroatoms. The molecule has 31 heavy (non-hydrogen) atoms. The number of carbonyl (C=O) groups is 1. The van der Waals surface area contributed by atoms with Crippen LogP contribution in [-0.4, -0.2) is 44.4 Å². The molecule has 1 N–H and O–H groups in total. The van der Waals surface area contributed by atoms with Gasteiger partial charge in [-0.05, 0) is 44.0 Å². The quantitative estimate of drug-likeness (QED) is 0.370. The average Bonchev–Trinajstić information content (AvgIpc) is 3.19. The second-order valence-corrected chi connectivity index (χ2v) is 7.72. The number of nitrogens with zero attached hydrogens (tertiary/aromatic N) is 5. The van der Waals surface area contributed by atoms with Gasteiger partial charge in [-0.2, -0.15) is 0 Å². The van der Waals surface area contributed by atoms with Crippen LogP contribution in [0.4, 0.5) is 17.2 Å². The predicted octanol–water partition coefficient (Wildman–Crippen LogP) is 3.34. The number of hydrogen-bond donors (Lipinski definition) is 1. The van der Waals surface area contributed by atoms with Crippen molar-refractivity contribution in [3.63, 3.8) is 0 Å². The number of rotatable bonds is 6. The van der Waals surface area contributed by atoms with Crippen molar-refractivity contribution in [3.05, 3.63) is 76.0 Å². The van der Waals surface area contributed by atoms with E-state index >= 15 is 0 Å². The minimum absolute atomic E-state index is 0.0631. The summed E-state index contributed by atoms with van der Waals surface area (Å²) in [5.74, 6) is 0.760. The van der Waals surface area contributed by atoms with Crippen molar-refractivity contribution in [1.29, 1.82) is 0 Å². The molecular formula is C22H24N6O3. The lowest BCUT2D eigenvalue weighted by atomic mass is 10.0. The average molecular weight is 420 g/mol. The molecule has 0 spiro atoms. The van der Waals surface area contributed by atoms with Gasteiger partial charge in [-0.25, -0.2) is 9.97 Å². The first-order valence-electron chi connectivity index (χ1n) is 10.2. The highest BCUT2D eigenvalue weighted by Gasteiger charge is 2.27. The molecule has 3 heterocycles. The first kappa shape index (κ1) is 20.5. The number of aryl methyl sites for hydroxylation is 2. The van der Waals surface area contributed by atoms with Gasteiger partial charge in [0, 0.05) is 55.9 Å². The number of benzene rings is 1. The van der Waals surface area contributed by atoms with E-state index in [1.165, 1.54) is 12.3 Å². The Hall–Kier alpha value is -3.75. The maximum atomic E-state index is 12.7. The fraction of sp³-hybridized carbons (Fsp3) is 0.318. The second kappa shape index (κ2) is 8.55. The third kappa shape index (κ3) is 4.40. The van der Waals surface area contributed by atoms with Crippen LogP contribution < -0.4 is 10.2 Å². The van der Waals surface area contributed by atoms with E-state index in [2.05, 4.69) is 15.3 Å². The Bertz CT molecular complexity index is 1120. The van der Waals surface area contributed by atoms with Crippen molar-refractivity contribution in [1.82, 2.24) is 14.5 Å². The van der Waals surface area contributed by atoms with E-state index in [1.54, 1.807) is 29.9 Å². The van der Waals surface area contributed by atoms with Crippen molar-refractivity contribution >= 4 is 23.0 Å². The molecule has 1 aromatic carbocycles. The van der Waals surface area contributed by atoms with Gasteiger partial charge < -0.3 is 14.8 Å². The molecule has 1 fully saturated rings. The Balaban J connectivity index is 1.49. The third-order valence-corrected chi connectivity index (χ3v) is 5.53. The molecule has 0 unspecified atom stereocenters. The van der Waals surface area contributed by atoms with Gasteiger partial charge in [0.1, 0.15) is 11.5 Å². The molecule has 0 amide bonds. The zero-order valence-corrected chi connectivity index (χ0v) is 17.5. The van der Waals surface area contributed by atoms with Gasteiger partial charge in [-0.15, -0.1) is 0 Å². The van der Waals surface area contributed by atoms with Crippen LogP contribution in [0.5, 0.6) is 0 Å². The smallest absolute Gasteiger partial charge is 0.293 e. The van der Waals surface area contributed by atoms with Crippen LogP contribution >= 0.6 is 0 Å². The van der Waals surface area contributed by atoms with Crippen molar-refractivity contribution in [2.45, 2.75) is 25.8 Å². The van der Waals surface area contributed by atoms with E-state index in [0.717, 1.165) is 24.4 Å². The number of nitrogens with one attached hydrogen (secondary N) is 1. The van der Waals surface area contributed by atoms with Gasteiger partial charge in [0.2, 0.25) is 5.78 Å². The highest BCUT2D eigenvalue weighted by Crippen LogP contribution is 2.32. The molecule has 0 aliphatic carbocycles. The molecule has 0 atom stereocenters. The molecule has 0 radical (unpaired) electrons.